The van der Waals surface area contributed by atoms with Gasteiger partial charge in [0.1, 0.15) is 5.75 Å². The highest BCUT2D eigenvalue weighted by Gasteiger charge is 2.34. The maximum absolute atomic E-state index is 13.2. The molecule has 0 unspecified atom stereocenters. The average Bonchev–Trinajstić information content (AvgIpc) is 3.44. The largest absolute Gasteiger partial charge is 0.497 e. The fraction of sp³-hybridized carbons (Fsp3) is 0.360. The molecular formula is C25H29N3O4S2. The highest BCUT2D eigenvalue weighted by atomic mass is 32.2. The van der Waals surface area contributed by atoms with Gasteiger partial charge in [-0.05, 0) is 25.0 Å². The Morgan fingerprint density at radius 1 is 1.21 bits per heavy atom. The fourth-order valence-corrected chi connectivity index (χ4v) is 6.84. The van der Waals surface area contributed by atoms with E-state index in [0.29, 0.717) is 18.1 Å². The molecule has 1 amide bonds. The van der Waals surface area contributed by atoms with E-state index >= 15 is 0 Å². The number of carbonyl (C=O) groups is 1. The SMILES string of the molecule is CCCN(C(=O)CSc1ncc(-c2ccccc2)n1-c1cccc(OC)c1)[C@@H]1CCS(=O)(=O)C1. The molecule has 2 aromatic carbocycles. The number of thioether (sulfide) groups is 1. The lowest BCUT2D eigenvalue weighted by Gasteiger charge is -2.27. The fourth-order valence-electron chi connectivity index (χ4n) is 4.23. The standard InChI is InChI=1S/C25H29N3O4S2/c1-3-13-27(21-12-14-34(30,31)18-21)24(29)17-33-25-26-16-23(19-8-5-4-6-9-19)28(25)20-10-7-11-22(15-20)32-2/h4-11,15-16,21H,3,12-14,17-18H2,1-2H3/t21-/m1/s1. The van der Waals surface area contributed by atoms with Crippen LogP contribution in [-0.4, -0.2) is 65.7 Å². The number of aromatic nitrogens is 2. The Labute approximate surface area is 205 Å². The molecule has 0 spiro atoms. The highest BCUT2D eigenvalue weighted by Crippen LogP contribution is 2.31. The number of methoxy groups -OCH3 is 1. The van der Waals surface area contributed by atoms with Crippen molar-refractivity contribution in [2.75, 3.05) is 30.9 Å². The van der Waals surface area contributed by atoms with Gasteiger partial charge in [-0.3, -0.25) is 9.36 Å². The van der Waals surface area contributed by atoms with Crippen molar-refractivity contribution in [3.05, 3.63) is 60.8 Å². The molecule has 34 heavy (non-hydrogen) atoms. The summed E-state index contributed by atoms with van der Waals surface area (Å²) < 4.78 is 31.4. The number of sulfone groups is 1. The van der Waals surface area contributed by atoms with E-state index in [1.54, 1.807) is 12.0 Å². The van der Waals surface area contributed by atoms with Gasteiger partial charge in [-0.15, -0.1) is 0 Å². The van der Waals surface area contributed by atoms with Crippen LogP contribution in [0.4, 0.5) is 0 Å². The summed E-state index contributed by atoms with van der Waals surface area (Å²) in [6.45, 7) is 2.55. The molecule has 3 aromatic rings. The molecule has 9 heteroatoms. The van der Waals surface area contributed by atoms with Crippen molar-refractivity contribution in [2.24, 2.45) is 0 Å². The zero-order chi connectivity index (χ0) is 24.1. The summed E-state index contributed by atoms with van der Waals surface area (Å²) in [6.07, 6.45) is 3.11. The second kappa shape index (κ2) is 10.7. The predicted octanol–water partition coefficient (Wildman–Crippen LogP) is 4.07. The molecular weight excluding hydrogens is 470 g/mol. The van der Waals surface area contributed by atoms with Crippen molar-refractivity contribution in [3.8, 4) is 22.7 Å². The van der Waals surface area contributed by atoms with E-state index in [0.717, 1.165) is 29.1 Å². The number of hydrogen-bond acceptors (Lipinski definition) is 6. The van der Waals surface area contributed by atoms with Crippen LogP contribution in [0.2, 0.25) is 0 Å². The number of carbonyl (C=O) groups excluding carboxylic acids is 1. The third kappa shape index (κ3) is 5.47. The maximum atomic E-state index is 13.2. The number of benzene rings is 2. The zero-order valence-corrected chi connectivity index (χ0v) is 21.0. The number of amides is 1. The van der Waals surface area contributed by atoms with Crippen LogP contribution < -0.4 is 4.74 Å². The minimum atomic E-state index is -3.07. The van der Waals surface area contributed by atoms with Crippen molar-refractivity contribution < 1.29 is 17.9 Å². The molecule has 1 aliphatic rings. The summed E-state index contributed by atoms with van der Waals surface area (Å²) in [5, 5.41) is 0.691. The second-order valence-corrected chi connectivity index (χ2v) is 11.4. The molecule has 1 aliphatic heterocycles. The number of imidazole rings is 1. The summed E-state index contributed by atoms with van der Waals surface area (Å²) >= 11 is 1.36. The monoisotopic (exact) mass is 499 g/mol. The lowest BCUT2D eigenvalue weighted by Crippen LogP contribution is -2.42. The highest BCUT2D eigenvalue weighted by molar-refractivity contribution is 7.99. The molecule has 2 heterocycles. The van der Waals surface area contributed by atoms with E-state index in [-0.39, 0.29) is 29.2 Å². The Morgan fingerprint density at radius 3 is 2.68 bits per heavy atom. The Morgan fingerprint density at radius 2 is 2.00 bits per heavy atom. The van der Waals surface area contributed by atoms with Crippen LogP contribution in [0.15, 0.2) is 66.0 Å². The normalized spacial score (nSPS) is 16.9. The van der Waals surface area contributed by atoms with E-state index in [4.69, 9.17) is 4.74 Å². The molecule has 1 atom stereocenters. The van der Waals surface area contributed by atoms with E-state index < -0.39 is 9.84 Å². The second-order valence-electron chi connectivity index (χ2n) is 8.26. The van der Waals surface area contributed by atoms with Crippen LogP contribution in [0.25, 0.3) is 16.9 Å². The van der Waals surface area contributed by atoms with Crippen molar-refractivity contribution in [1.29, 1.82) is 0 Å². The van der Waals surface area contributed by atoms with Crippen molar-refractivity contribution in [1.82, 2.24) is 14.5 Å². The summed E-state index contributed by atoms with van der Waals surface area (Å²) in [6, 6.07) is 17.5. The quantitative estimate of drug-likeness (QED) is 0.413. The number of hydrogen-bond donors (Lipinski definition) is 0. The zero-order valence-electron chi connectivity index (χ0n) is 19.4. The molecule has 0 radical (unpaired) electrons. The smallest absolute Gasteiger partial charge is 0.233 e. The van der Waals surface area contributed by atoms with Crippen LogP contribution in [0, 0.1) is 0 Å². The molecule has 1 aromatic heterocycles. The van der Waals surface area contributed by atoms with Gasteiger partial charge < -0.3 is 9.64 Å². The van der Waals surface area contributed by atoms with Crippen LogP contribution in [0.5, 0.6) is 5.75 Å². The van der Waals surface area contributed by atoms with Gasteiger partial charge in [-0.25, -0.2) is 13.4 Å². The number of rotatable bonds is 9. The minimum Gasteiger partial charge on any atom is -0.497 e. The molecule has 0 N–H and O–H groups in total. The average molecular weight is 500 g/mol. The molecule has 0 aliphatic carbocycles. The third-order valence-electron chi connectivity index (χ3n) is 5.87. The lowest BCUT2D eigenvalue weighted by atomic mass is 10.1. The Balaban J connectivity index is 1.61. The van der Waals surface area contributed by atoms with Crippen molar-refractivity contribution in [2.45, 2.75) is 31.0 Å². The number of ether oxygens (including phenoxy) is 1. The Bertz CT molecular complexity index is 1240. The first-order chi connectivity index (χ1) is 16.4. The summed E-state index contributed by atoms with van der Waals surface area (Å²) in [7, 11) is -1.44. The topological polar surface area (TPSA) is 81.5 Å². The van der Waals surface area contributed by atoms with Gasteiger partial charge in [0.2, 0.25) is 5.91 Å². The van der Waals surface area contributed by atoms with E-state index in [2.05, 4.69) is 4.98 Å². The lowest BCUT2D eigenvalue weighted by molar-refractivity contribution is -0.130. The molecule has 180 valence electrons. The summed E-state index contributed by atoms with van der Waals surface area (Å²) in [5.74, 6) is 1.06. The van der Waals surface area contributed by atoms with Crippen LogP contribution in [0.3, 0.4) is 0 Å². The van der Waals surface area contributed by atoms with Gasteiger partial charge in [0.25, 0.3) is 0 Å². The van der Waals surface area contributed by atoms with Gasteiger partial charge in [0.15, 0.2) is 15.0 Å². The van der Waals surface area contributed by atoms with Gasteiger partial charge in [-0.2, -0.15) is 0 Å². The molecule has 1 fully saturated rings. The summed E-state index contributed by atoms with van der Waals surface area (Å²) in [4.78, 5) is 19.6. The van der Waals surface area contributed by atoms with E-state index in [1.807, 2.05) is 72.3 Å². The molecule has 0 saturated carbocycles. The van der Waals surface area contributed by atoms with Crippen molar-refractivity contribution >= 4 is 27.5 Å². The van der Waals surface area contributed by atoms with Crippen LogP contribution in [0.1, 0.15) is 19.8 Å². The molecule has 0 bridgehead atoms. The van der Waals surface area contributed by atoms with Gasteiger partial charge in [0.05, 0.1) is 41.9 Å². The van der Waals surface area contributed by atoms with Gasteiger partial charge in [0, 0.05) is 24.2 Å². The van der Waals surface area contributed by atoms with Crippen LogP contribution >= 0.6 is 11.8 Å². The van der Waals surface area contributed by atoms with Crippen LogP contribution in [-0.2, 0) is 14.6 Å². The predicted molar refractivity (Wildman–Crippen MR) is 135 cm³/mol. The van der Waals surface area contributed by atoms with E-state index in [1.165, 1.54) is 11.8 Å². The minimum absolute atomic E-state index is 0.0556. The van der Waals surface area contributed by atoms with Crippen molar-refractivity contribution in [3.63, 3.8) is 0 Å². The third-order valence-corrected chi connectivity index (χ3v) is 8.56. The number of nitrogens with zero attached hydrogens (tertiary/aromatic N) is 3. The first-order valence-electron chi connectivity index (χ1n) is 11.3. The molecule has 1 saturated heterocycles. The van der Waals surface area contributed by atoms with Gasteiger partial charge >= 0.3 is 0 Å². The Hall–Kier alpha value is -2.78. The summed E-state index contributed by atoms with van der Waals surface area (Å²) in [5.41, 5.74) is 2.81. The Kier molecular flexibility index (Phi) is 7.63. The van der Waals surface area contributed by atoms with Gasteiger partial charge in [-0.1, -0.05) is 55.1 Å². The molecule has 7 nitrogen and oxygen atoms in total. The maximum Gasteiger partial charge on any atom is 0.233 e. The first-order valence-corrected chi connectivity index (χ1v) is 14.1. The first kappa shape index (κ1) is 24.3. The molecule has 4 rings (SSSR count). The van der Waals surface area contributed by atoms with E-state index in [9.17, 15) is 13.2 Å².